The molecule has 0 aromatic carbocycles. The minimum Gasteiger partial charge on any atom is -0.375 e. The lowest BCUT2D eigenvalue weighted by Crippen LogP contribution is -2.04. The molecule has 2 heterocycles. The van der Waals surface area contributed by atoms with E-state index in [2.05, 4.69) is 27.1 Å². The van der Waals surface area contributed by atoms with Crippen LogP contribution in [0.2, 0.25) is 0 Å². The number of nitrogens with zero attached hydrogens (tertiary/aromatic N) is 4. The first-order valence-electron chi connectivity index (χ1n) is 5.74. The highest BCUT2D eigenvalue weighted by Crippen LogP contribution is 2.30. The maximum atomic E-state index is 8.86. The molecule has 2 aromatic rings. The van der Waals surface area contributed by atoms with Crippen LogP contribution < -0.4 is 5.73 Å². The highest BCUT2D eigenvalue weighted by Gasteiger charge is 2.16. The summed E-state index contributed by atoms with van der Waals surface area (Å²) in [5, 5.41) is 9.35. The largest absolute Gasteiger partial charge is 0.375 e. The van der Waals surface area contributed by atoms with Gasteiger partial charge < -0.3 is 5.73 Å². The summed E-state index contributed by atoms with van der Waals surface area (Å²) in [5.74, 6) is 0.143. The van der Waals surface area contributed by atoms with Crippen molar-refractivity contribution in [1.29, 1.82) is 5.26 Å². The molecule has 0 saturated carbocycles. The molecule has 5 nitrogen and oxygen atoms in total. The molecule has 0 radical (unpaired) electrons. The number of nitrogens with two attached hydrogens (primary N) is 1. The van der Waals surface area contributed by atoms with Crippen molar-refractivity contribution in [3.63, 3.8) is 0 Å². The third-order valence-electron chi connectivity index (χ3n) is 3.06. The average Bonchev–Trinajstić information content (AvgIpc) is 2.78. The minimum absolute atomic E-state index is 0.143. The van der Waals surface area contributed by atoms with Crippen LogP contribution in [-0.4, -0.2) is 15.0 Å². The molecule has 1 atom stereocenters. The highest BCUT2D eigenvalue weighted by atomic mass is 32.1. The van der Waals surface area contributed by atoms with Gasteiger partial charge in [0.2, 0.25) is 0 Å². The maximum Gasteiger partial charge on any atom is 0.191 e. The Morgan fingerprint density at radius 2 is 2.33 bits per heavy atom. The van der Waals surface area contributed by atoms with Crippen molar-refractivity contribution in [3.05, 3.63) is 18.0 Å². The van der Waals surface area contributed by atoms with Gasteiger partial charge in [-0.2, -0.15) is 10.2 Å². The van der Waals surface area contributed by atoms with Crippen molar-refractivity contribution in [3.8, 4) is 6.07 Å². The normalized spacial score (nSPS) is 19.5. The van der Waals surface area contributed by atoms with Gasteiger partial charge in [-0.1, -0.05) is 17.4 Å². The van der Waals surface area contributed by atoms with Gasteiger partial charge in [0.1, 0.15) is 0 Å². The van der Waals surface area contributed by atoms with E-state index >= 15 is 0 Å². The molecule has 0 saturated heterocycles. The lowest BCUT2D eigenvalue weighted by Gasteiger charge is -2.15. The van der Waals surface area contributed by atoms with E-state index in [-0.39, 0.29) is 5.92 Å². The first-order valence-corrected chi connectivity index (χ1v) is 6.56. The van der Waals surface area contributed by atoms with Crippen molar-refractivity contribution in [2.24, 2.45) is 5.92 Å². The molecule has 18 heavy (non-hydrogen) atoms. The predicted octanol–water partition coefficient (Wildman–Crippen LogP) is 2.38. The van der Waals surface area contributed by atoms with Crippen LogP contribution in [0.4, 0.5) is 5.13 Å². The monoisotopic (exact) mass is 257 g/mol. The van der Waals surface area contributed by atoms with E-state index in [0.717, 1.165) is 29.8 Å². The van der Waals surface area contributed by atoms with Gasteiger partial charge in [0.05, 0.1) is 23.9 Å². The molecule has 6 heteroatoms. The summed E-state index contributed by atoms with van der Waals surface area (Å²) < 4.78 is 0. The van der Waals surface area contributed by atoms with E-state index in [9.17, 15) is 0 Å². The number of nitrogen functional groups attached to an aromatic ring is 1. The van der Waals surface area contributed by atoms with Crippen molar-refractivity contribution in [2.75, 3.05) is 5.73 Å². The second-order valence-electron chi connectivity index (χ2n) is 4.27. The fourth-order valence-electron chi connectivity index (χ4n) is 2.08. The Hall–Kier alpha value is -2.00. The van der Waals surface area contributed by atoms with E-state index < -0.39 is 0 Å². The Kier molecular flexibility index (Phi) is 2.68. The topological polar surface area (TPSA) is 88.5 Å². The summed E-state index contributed by atoms with van der Waals surface area (Å²) in [4.78, 5) is 13.7. The van der Waals surface area contributed by atoms with Crippen LogP contribution in [0.1, 0.15) is 25.0 Å². The first-order chi connectivity index (χ1) is 8.76. The Bertz CT molecular complexity index is 667. The van der Waals surface area contributed by atoms with Crippen molar-refractivity contribution in [1.82, 2.24) is 15.0 Å². The molecule has 1 unspecified atom stereocenters. The van der Waals surface area contributed by atoms with Crippen LogP contribution in [0.15, 0.2) is 12.3 Å². The Morgan fingerprint density at radius 1 is 1.44 bits per heavy atom. The van der Waals surface area contributed by atoms with E-state index in [1.54, 1.807) is 6.20 Å². The number of anilines is 1. The number of hydrogen-bond donors (Lipinski definition) is 1. The fraction of sp³-hybridized carbons (Fsp3) is 0.333. The first kappa shape index (κ1) is 11.1. The molecular weight excluding hydrogens is 246 g/mol. The quantitative estimate of drug-likeness (QED) is 0.847. The zero-order valence-corrected chi connectivity index (χ0v) is 10.4. The lowest BCUT2D eigenvalue weighted by molar-refractivity contribution is 0.603. The van der Waals surface area contributed by atoms with Gasteiger partial charge in [0.25, 0.3) is 0 Å². The summed E-state index contributed by atoms with van der Waals surface area (Å²) in [7, 11) is 0. The van der Waals surface area contributed by atoms with E-state index in [1.807, 2.05) is 0 Å². The smallest absolute Gasteiger partial charge is 0.191 e. The fourth-order valence-corrected chi connectivity index (χ4v) is 2.74. The molecule has 1 aliphatic carbocycles. The number of nitriles is 1. The van der Waals surface area contributed by atoms with Crippen LogP contribution in [-0.2, 0) is 0 Å². The lowest BCUT2D eigenvalue weighted by atomic mass is 9.89. The standard InChI is InChI=1S/C12H11N5S/c13-5-7-1-3-8(4-2-7)9-6-15-10-11(16-9)18-12(14)17-10/h3,6-7H,1-2,4H2,(H2,14,15,17). The van der Waals surface area contributed by atoms with E-state index in [1.165, 1.54) is 16.9 Å². The minimum atomic E-state index is 0.143. The third kappa shape index (κ3) is 1.93. The number of aromatic nitrogens is 3. The van der Waals surface area contributed by atoms with Gasteiger partial charge in [0, 0.05) is 0 Å². The van der Waals surface area contributed by atoms with Gasteiger partial charge >= 0.3 is 0 Å². The van der Waals surface area contributed by atoms with Crippen molar-refractivity contribution < 1.29 is 0 Å². The Morgan fingerprint density at radius 3 is 3.06 bits per heavy atom. The number of hydrogen-bond acceptors (Lipinski definition) is 6. The van der Waals surface area contributed by atoms with E-state index in [0.29, 0.717) is 10.8 Å². The third-order valence-corrected chi connectivity index (χ3v) is 3.83. The maximum absolute atomic E-state index is 8.86. The summed E-state index contributed by atoms with van der Waals surface area (Å²) in [6, 6.07) is 2.30. The molecule has 3 rings (SSSR count). The average molecular weight is 257 g/mol. The molecule has 90 valence electrons. The predicted molar refractivity (Wildman–Crippen MR) is 70.6 cm³/mol. The summed E-state index contributed by atoms with van der Waals surface area (Å²) in [6.45, 7) is 0. The number of allylic oxidation sites excluding steroid dienone is 2. The number of fused-ring (bicyclic) bond motifs is 1. The molecule has 0 bridgehead atoms. The molecular formula is C12H11N5S. The van der Waals surface area contributed by atoms with Gasteiger partial charge in [-0.25, -0.2) is 9.97 Å². The van der Waals surface area contributed by atoms with Gasteiger partial charge in [0.15, 0.2) is 15.6 Å². The molecule has 2 N–H and O–H groups in total. The van der Waals surface area contributed by atoms with Crippen LogP contribution in [0.3, 0.4) is 0 Å². The number of thiazole rings is 1. The van der Waals surface area contributed by atoms with Crippen LogP contribution in [0, 0.1) is 17.2 Å². The molecule has 2 aromatic heterocycles. The summed E-state index contributed by atoms with van der Waals surface area (Å²) in [5.41, 5.74) is 8.28. The second kappa shape index (κ2) is 4.35. The zero-order valence-electron chi connectivity index (χ0n) is 9.63. The zero-order chi connectivity index (χ0) is 12.5. The Labute approximate surface area is 108 Å². The molecule has 0 aliphatic heterocycles. The SMILES string of the molecule is N#CC1CC=C(c2cnc3nc(N)sc3n2)CC1. The number of rotatable bonds is 1. The van der Waals surface area contributed by atoms with Gasteiger partial charge in [-0.15, -0.1) is 0 Å². The molecule has 1 aliphatic rings. The second-order valence-corrected chi connectivity index (χ2v) is 5.27. The Balaban J connectivity index is 1.95. The molecule has 0 amide bonds. The van der Waals surface area contributed by atoms with E-state index in [4.69, 9.17) is 11.0 Å². The van der Waals surface area contributed by atoms with Crippen LogP contribution in [0.25, 0.3) is 16.1 Å². The summed E-state index contributed by atoms with van der Waals surface area (Å²) in [6.07, 6.45) is 6.41. The highest BCUT2D eigenvalue weighted by molar-refractivity contribution is 7.21. The van der Waals surface area contributed by atoms with Crippen molar-refractivity contribution in [2.45, 2.75) is 19.3 Å². The van der Waals surface area contributed by atoms with Gasteiger partial charge in [-0.05, 0) is 24.8 Å². The summed E-state index contributed by atoms with van der Waals surface area (Å²) >= 11 is 1.35. The van der Waals surface area contributed by atoms with Crippen LogP contribution >= 0.6 is 11.3 Å². The van der Waals surface area contributed by atoms with Crippen molar-refractivity contribution >= 4 is 32.5 Å². The van der Waals surface area contributed by atoms with Gasteiger partial charge in [-0.3, -0.25) is 0 Å². The molecule has 0 spiro atoms. The van der Waals surface area contributed by atoms with Crippen LogP contribution in [0.5, 0.6) is 0 Å². The molecule has 0 fully saturated rings.